The maximum absolute atomic E-state index is 12.4. The van der Waals surface area contributed by atoms with Crippen LogP contribution in [0, 0.1) is 0 Å². The molecule has 5 nitrogen and oxygen atoms in total. The van der Waals surface area contributed by atoms with E-state index in [4.69, 9.17) is 0 Å². The fourth-order valence-corrected chi connectivity index (χ4v) is 4.03. The summed E-state index contributed by atoms with van der Waals surface area (Å²) < 4.78 is 26.2. The molecule has 2 aromatic rings. The van der Waals surface area contributed by atoms with Crippen molar-refractivity contribution in [1.82, 2.24) is 4.31 Å². The predicted molar refractivity (Wildman–Crippen MR) is 83.1 cm³/mol. The van der Waals surface area contributed by atoms with Gasteiger partial charge >= 0.3 is 0 Å². The zero-order valence-electron chi connectivity index (χ0n) is 11.2. The molecule has 2 aromatic carbocycles. The lowest BCUT2D eigenvalue weighted by Gasteiger charge is -2.14. The second-order valence-corrected chi connectivity index (χ2v) is 7.49. The molecule has 0 bridgehead atoms. The second kappa shape index (κ2) is 5.33. The Kier molecular flexibility index (Phi) is 3.62. The average Bonchev–Trinajstić information content (AvgIpc) is 2.69. The van der Waals surface area contributed by atoms with Gasteiger partial charge in [-0.1, -0.05) is 40.2 Å². The number of sulfonamides is 1. The van der Waals surface area contributed by atoms with E-state index in [2.05, 4.69) is 15.9 Å². The Morgan fingerprint density at radius 2 is 1.68 bits per heavy atom. The third-order valence-electron chi connectivity index (χ3n) is 3.37. The molecule has 0 unspecified atom stereocenters. The van der Waals surface area contributed by atoms with Gasteiger partial charge in [0, 0.05) is 10.0 Å². The largest absolute Gasteiger partial charge is 0.292 e. The quantitative estimate of drug-likeness (QED) is 0.767. The Hall–Kier alpha value is -1.99. The Morgan fingerprint density at radius 3 is 2.32 bits per heavy atom. The van der Waals surface area contributed by atoms with Crippen LogP contribution in [-0.2, 0) is 10.0 Å². The number of nitrogens with zero attached hydrogens (tertiary/aromatic N) is 1. The highest BCUT2D eigenvalue weighted by molar-refractivity contribution is 9.10. The zero-order valence-corrected chi connectivity index (χ0v) is 13.6. The van der Waals surface area contributed by atoms with Crippen LogP contribution in [0.3, 0.4) is 0 Å². The van der Waals surface area contributed by atoms with Gasteiger partial charge in [-0.15, -0.1) is 0 Å². The molecule has 0 fully saturated rings. The van der Waals surface area contributed by atoms with Crippen LogP contribution in [0.25, 0.3) is 0 Å². The van der Waals surface area contributed by atoms with Crippen molar-refractivity contribution in [1.29, 1.82) is 0 Å². The number of hydrogen-bond donors (Lipinski definition) is 0. The first-order valence-electron chi connectivity index (χ1n) is 6.36. The minimum Gasteiger partial charge on any atom is -0.292 e. The van der Waals surface area contributed by atoms with Crippen LogP contribution >= 0.6 is 15.9 Å². The molecule has 1 aliphatic rings. The third kappa shape index (κ3) is 2.36. The van der Waals surface area contributed by atoms with E-state index in [-0.39, 0.29) is 10.5 Å². The number of hydrogen-bond acceptors (Lipinski definition) is 4. The molecule has 0 atom stereocenters. The molecule has 0 saturated heterocycles. The fraction of sp³-hybridized carbons (Fsp3) is 0.0667. The Bertz CT molecular complexity index is 875. The van der Waals surface area contributed by atoms with Gasteiger partial charge in [0.05, 0.1) is 5.56 Å². The molecule has 0 spiro atoms. The Balaban J connectivity index is 1.92. The standard InChI is InChI=1S/C15H10BrNO4S/c16-11-7-5-10(6-8-11)13(18)9-17-15(19)12-3-1-2-4-14(12)22(17,20)21/h1-8H,9H2. The highest BCUT2D eigenvalue weighted by Crippen LogP contribution is 2.29. The monoisotopic (exact) mass is 379 g/mol. The molecule has 1 aliphatic heterocycles. The molecule has 1 amide bonds. The van der Waals surface area contributed by atoms with E-state index in [0.717, 1.165) is 4.47 Å². The molecular weight excluding hydrogens is 370 g/mol. The van der Waals surface area contributed by atoms with Gasteiger partial charge in [-0.25, -0.2) is 12.7 Å². The van der Waals surface area contributed by atoms with Crippen molar-refractivity contribution in [2.75, 3.05) is 6.54 Å². The van der Waals surface area contributed by atoms with E-state index in [1.165, 1.54) is 12.1 Å². The minimum absolute atomic E-state index is 0.0522. The van der Waals surface area contributed by atoms with Gasteiger partial charge in [0.2, 0.25) is 0 Å². The molecule has 0 aliphatic carbocycles. The lowest BCUT2D eigenvalue weighted by molar-refractivity contribution is 0.0820. The molecule has 0 N–H and O–H groups in total. The number of fused-ring (bicyclic) bond motifs is 1. The topological polar surface area (TPSA) is 71.5 Å². The van der Waals surface area contributed by atoms with E-state index in [1.54, 1.807) is 36.4 Å². The number of carbonyl (C=O) groups is 2. The summed E-state index contributed by atoms with van der Waals surface area (Å²) in [5.74, 6) is -1.10. The fourth-order valence-electron chi connectivity index (χ4n) is 2.24. The van der Waals surface area contributed by atoms with Crippen molar-refractivity contribution in [2.45, 2.75) is 4.90 Å². The van der Waals surface area contributed by atoms with Crippen LogP contribution in [0.2, 0.25) is 0 Å². The van der Waals surface area contributed by atoms with Crippen molar-refractivity contribution >= 4 is 37.6 Å². The Morgan fingerprint density at radius 1 is 1.05 bits per heavy atom. The molecule has 7 heteroatoms. The first-order valence-corrected chi connectivity index (χ1v) is 8.59. The van der Waals surface area contributed by atoms with Gasteiger partial charge < -0.3 is 0 Å². The predicted octanol–water partition coefficient (Wildman–Crippen LogP) is 2.48. The van der Waals surface area contributed by atoms with Crippen LogP contribution in [-0.4, -0.2) is 31.0 Å². The van der Waals surface area contributed by atoms with Crippen molar-refractivity contribution in [3.8, 4) is 0 Å². The van der Waals surface area contributed by atoms with Crippen LogP contribution in [0.5, 0.6) is 0 Å². The molecule has 0 saturated carbocycles. The maximum Gasteiger partial charge on any atom is 0.269 e. The van der Waals surface area contributed by atoms with Crippen LogP contribution in [0.1, 0.15) is 20.7 Å². The van der Waals surface area contributed by atoms with Crippen LogP contribution in [0.4, 0.5) is 0 Å². The number of benzene rings is 2. The summed E-state index contributed by atoms with van der Waals surface area (Å²) in [7, 11) is -3.95. The van der Waals surface area contributed by atoms with Gasteiger partial charge in [-0.3, -0.25) is 9.59 Å². The number of Topliss-reactive ketones (excluding diaryl/α,β-unsaturated/α-hetero) is 1. The van der Waals surface area contributed by atoms with E-state index in [9.17, 15) is 18.0 Å². The second-order valence-electron chi connectivity index (χ2n) is 4.74. The van der Waals surface area contributed by atoms with Crippen LogP contribution < -0.4 is 0 Å². The van der Waals surface area contributed by atoms with Crippen molar-refractivity contribution in [3.63, 3.8) is 0 Å². The maximum atomic E-state index is 12.4. The summed E-state index contributed by atoms with van der Waals surface area (Å²) >= 11 is 3.26. The molecule has 22 heavy (non-hydrogen) atoms. The summed E-state index contributed by atoms with van der Waals surface area (Å²) in [6, 6.07) is 12.5. The molecular formula is C15H10BrNO4S. The van der Waals surface area contributed by atoms with E-state index >= 15 is 0 Å². The lowest BCUT2D eigenvalue weighted by atomic mass is 10.1. The summed E-state index contributed by atoms with van der Waals surface area (Å²) in [6.45, 7) is -0.503. The minimum atomic E-state index is -3.95. The highest BCUT2D eigenvalue weighted by atomic mass is 79.9. The first-order chi connectivity index (χ1) is 10.4. The van der Waals surface area contributed by atoms with Crippen LogP contribution in [0.15, 0.2) is 57.9 Å². The SMILES string of the molecule is O=C(CN1C(=O)c2ccccc2S1(=O)=O)c1ccc(Br)cc1. The van der Waals surface area contributed by atoms with Crippen molar-refractivity contribution in [3.05, 3.63) is 64.1 Å². The van der Waals surface area contributed by atoms with E-state index in [1.807, 2.05) is 0 Å². The third-order valence-corrected chi connectivity index (χ3v) is 5.68. The molecule has 1 heterocycles. The summed E-state index contributed by atoms with van der Waals surface area (Å²) in [6.07, 6.45) is 0. The van der Waals surface area contributed by atoms with Gasteiger partial charge in [-0.2, -0.15) is 0 Å². The molecule has 3 rings (SSSR count). The smallest absolute Gasteiger partial charge is 0.269 e. The van der Waals surface area contributed by atoms with Gasteiger partial charge in [-0.05, 0) is 24.3 Å². The van der Waals surface area contributed by atoms with E-state index < -0.39 is 28.3 Å². The number of amides is 1. The van der Waals surface area contributed by atoms with Crippen molar-refractivity contribution in [2.24, 2.45) is 0 Å². The molecule has 0 radical (unpaired) electrons. The van der Waals surface area contributed by atoms with Gasteiger partial charge in [0.15, 0.2) is 5.78 Å². The number of halogens is 1. The number of carbonyl (C=O) groups excluding carboxylic acids is 2. The number of rotatable bonds is 3. The lowest BCUT2D eigenvalue weighted by Crippen LogP contribution is -2.35. The first kappa shape index (κ1) is 14.9. The van der Waals surface area contributed by atoms with E-state index in [0.29, 0.717) is 9.87 Å². The zero-order chi connectivity index (χ0) is 15.9. The highest BCUT2D eigenvalue weighted by Gasteiger charge is 2.41. The summed E-state index contributed by atoms with van der Waals surface area (Å²) in [5, 5.41) is 0. The van der Waals surface area contributed by atoms with Crippen molar-refractivity contribution < 1.29 is 18.0 Å². The number of ketones is 1. The average molecular weight is 380 g/mol. The summed E-state index contributed by atoms with van der Waals surface area (Å²) in [4.78, 5) is 24.4. The Labute approximate surface area is 135 Å². The molecule has 0 aromatic heterocycles. The van der Waals surface area contributed by atoms with Gasteiger partial charge in [0.25, 0.3) is 15.9 Å². The normalized spacial score (nSPS) is 15.7. The molecule has 112 valence electrons. The van der Waals surface area contributed by atoms with Gasteiger partial charge in [0.1, 0.15) is 11.4 Å². The summed E-state index contributed by atoms with van der Waals surface area (Å²) in [5.41, 5.74) is 0.452.